The first kappa shape index (κ1) is 13.2. The Morgan fingerprint density at radius 3 is 2.69 bits per heavy atom. The Hall–Kier alpha value is -0.910. The van der Waals surface area contributed by atoms with Crippen molar-refractivity contribution in [3.05, 3.63) is 29.8 Å². The lowest BCUT2D eigenvalue weighted by Gasteiger charge is -2.10. The number of ether oxygens (including phenoxy) is 1. The molecule has 1 N–H and O–H groups in total. The third-order valence-corrected chi connectivity index (χ3v) is 3.92. The lowest BCUT2D eigenvalue weighted by atomic mass is 10.2. The van der Waals surface area contributed by atoms with E-state index in [1.165, 1.54) is 13.2 Å². The van der Waals surface area contributed by atoms with Crippen LogP contribution in [0.1, 0.15) is 5.56 Å². The zero-order valence-corrected chi connectivity index (χ0v) is 10.2. The smallest absolute Gasteiger partial charge is 0.181 e. The fourth-order valence-electron chi connectivity index (χ4n) is 1.40. The molecule has 0 radical (unpaired) electrons. The molecular weight excluding hydrogens is 228 g/mol. The summed E-state index contributed by atoms with van der Waals surface area (Å²) in [6, 6.07) is 6.63. The molecule has 1 aromatic carbocycles. The van der Waals surface area contributed by atoms with Crippen LogP contribution in [0.2, 0.25) is 0 Å². The lowest BCUT2D eigenvalue weighted by molar-refractivity contribution is 0.0783. The van der Waals surface area contributed by atoms with Gasteiger partial charge in [0.2, 0.25) is 0 Å². The molecule has 0 fully saturated rings. The minimum Gasteiger partial charge on any atom is -0.390 e. The van der Waals surface area contributed by atoms with Gasteiger partial charge in [0.05, 0.1) is 23.4 Å². The molecule has 0 aliphatic carbocycles. The first-order valence-corrected chi connectivity index (χ1v) is 6.57. The van der Waals surface area contributed by atoms with Crippen molar-refractivity contribution in [3.63, 3.8) is 0 Å². The topological polar surface area (TPSA) is 63.6 Å². The summed E-state index contributed by atoms with van der Waals surface area (Å²) in [5.74, 6) is -0.315. The summed E-state index contributed by atoms with van der Waals surface area (Å²) in [5.41, 5.74) is 0.877. The van der Waals surface area contributed by atoms with Gasteiger partial charge in [0, 0.05) is 7.11 Å². The first-order valence-electron chi connectivity index (χ1n) is 4.92. The van der Waals surface area contributed by atoms with Crippen molar-refractivity contribution in [2.24, 2.45) is 0 Å². The number of aliphatic hydroxyl groups excluding tert-OH is 1. The van der Waals surface area contributed by atoms with E-state index < -0.39 is 15.9 Å². The van der Waals surface area contributed by atoms with Gasteiger partial charge in [0.25, 0.3) is 0 Å². The SMILES string of the molecule is COCC(O)CS(=O)(=O)c1cccc(C)c1. The van der Waals surface area contributed by atoms with Gasteiger partial charge in [-0.25, -0.2) is 8.42 Å². The standard InChI is InChI=1S/C11H16O4S/c1-9-4-3-5-11(6-9)16(13,14)8-10(12)7-15-2/h3-6,10,12H,7-8H2,1-2H3. The van der Waals surface area contributed by atoms with Gasteiger partial charge in [-0.3, -0.25) is 0 Å². The van der Waals surface area contributed by atoms with Crippen molar-refractivity contribution in [1.29, 1.82) is 0 Å². The third kappa shape index (κ3) is 3.59. The van der Waals surface area contributed by atoms with E-state index in [0.29, 0.717) is 0 Å². The summed E-state index contributed by atoms with van der Waals surface area (Å²) < 4.78 is 28.4. The van der Waals surface area contributed by atoms with Gasteiger partial charge < -0.3 is 9.84 Å². The van der Waals surface area contributed by atoms with Crippen molar-refractivity contribution in [1.82, 2.24) is 0 Å². The summed E-state index contributed by atoms with van der Waals surface area (Å²) in [6.45, 7) is 1.84. The number of hydrogen-bond donors (Lipinski definition) is 1. The molecule has 0 aliphatic heterocycles. The van der Waals surface area contributed by atoms with Crippen LogP contribution in [0.4, 0.5) is 0 Å². The molecule has 90 valence electrons. The van der Waals surface area contributed by atoms with Crippen LogP contribution in [0.15, 0.2) is 29.2 Å². The van der Waals surface area contributed by atoms with Gasteiger partial charge in [-0.1, -0.05) is 12.1 Å². The molecule has 0 bridgehead atoms. The normalized spacial score (nSPS) is 13.7. The molecule has 1 unspecified atom stereocenters. The summed E-state index contributed by atoms with van der Waals surface area (Å²) in [4.78, 5) is 0.239. The van der Waals surface area contributed by atoms with Crippen molar-refractivity contribution in [2.75, 3.05) is 19.5 Å². The van der Waals surface area contributed by atoms with Crippen LogP contribution in [0, 0.1) is 6.92 Å². The number of methoxy groups -OCH3 is 1. The Labute approximate surface area is 95.8 Å². The monoisotopic (exact) mass is 244 g/mol. The molecule has 1 atom stereocenters. The van der Waals surface area contributed by atoms with E-state index in [1.54, 1.807) is 12.1 Å². The van der Waals surface area contributed by atoms with E-state index >= 15 is 0 Å². The van der Waals surface area contributed by atoms with Crippen LogP contribution in [0.5, 0.6) is 0 Å². The second-order valence-electron chi connectivity index (χ2n) is 3.71. The highest BCUT2D eigenvalue weighted by atomic mass is 32.2. The minimum absolute atomic E-state index is 0.0189. The maximum atomic E-state index is 11.9. The Morgan fingerprint density at radius 1 is 1.44 bits per heavy atom. The van der Waals surface area contributed by atoms with Gasteiger partial charge in [-0.2, -0.15) is 0 Å². The molecule has 0 aromatic heterocycles. The molecule has 0 heterocycles. The van der Waals surface area contributed by atoms with E-state index in [9.17, 15) is 13.5 Å². The molecule has 0 aliphatic rings. The van der Waals surface area contributed by atoms with Crippen molar-refractivity contribution in [3.8, 4) is 0 Å². The number of rotatable bonds is 5. The number of aryl methyl sites for hydroxylation is 1. The highest BCUT2D eigenvalue weighted by molar-refractivity contribution is 7.91. The average molecular weight is 244 g/mol. The largest absolute Gasteiger partial charge is 0.390 e. The Balaban J connectivity index is 2.86. The van der Waals surface area contributed by atoms with Crippen LogP contribution in [-0.4, -0.2) is 39.1 Å². The Bertz CT molecular complexity index is 439. The fourth-order valence-corrected chi connectivity index (χ4v) is 2.85. The number of sulfone groups is 1. The molecule has 0 saturated heterocycles. The van der Waals surface area contributed by atoms with Crippen LogP contribution >= 0.6 is 0 Å². The van der Waals surface area contributed by atoms with Gasteiger partial charge in [0.1, 0.15) is 0 Å². The summed E-state index contributed by atoms with van der Waals surface area (Å²) in [7, 11) is -2.02. The second-order valence-corrected chi connectivity index (χ2v) is 5.74. The number of aliphatic hydroxyl groups is 1. The zero-order chi connectivity index (χ0) is 12.2. The van der Waals surface area contributed by atoms with Crippen molar-refractivity contribution in [2.45, 2.75) is 17.9 Å². The van der Waals surface area contributed by atoms with Crippen LogP contribution in [-0.2, 0) is 14.6 Å². The molecule has 16 heavy (non-hydrogen) atoms. The molecule has 1 rings (SSSR count). The molecule has 5 heteroatoms. The molecule has 4 nitrogen and oxygen atoms in total. The second kappa shape index (κ2) is 5.43. The Morgan fingerprint density at radius 2 is 2.12 bits per heavy atom. The maximum absolute atomic E-state index is 11.9. The fraction of sp³-hybridized carbons (Fsp3) is 0.455. The highest BCUT2D eigenvalue weighted by Gasteiger charge is 2.19. The highest BCUT2D eigenvalue weighted by Crippen LogP contribution is 2.13. The zero-order valence-electron chi connectivity index (χ0n) is 9.38. The predicted molar refractivity (Wildman–Crippen MR) is 61.1 cm³/mol. The molecule has 1 aromatic rings. The van der Waals surface area contributed by atoms with Gasteiger partial charge in [-0.15, -0.1) is 0 Å². The van der Waals surface area contributed by atoms with Gasteiger partial charge in [0.15, 0.2) is 9.84 Å². The Kier molecular flexibility index (Phi) is 4.46. The van der Waals surface area contributed by atoms with Gasteiger partial charge in [-0.05, 0) is 24.6 Å². The summed E-state index contributed by atoms with van der Waals surface area (Å²) >= 11 is 0. The molecule has 0 saturated carbocycles. The summed E-state index contributed by atoms with van der Waals surface area (Å²) in [5, 5.41) is 9.41. The maximum Gasteiger partial charge on any atom is 0.181 e. The average Bonchev–Trinajstić information content (AvgIpc) is 2.17. The summed E-state index contributed by atoms with van der Waals surface area (Å²) in [6.07, 6.45) is -0.990. The molecular formula is C11H16O4S. The van der Waals surface area contributed by atoms with Gasteiger partial charge >= 0.3 is 0 Å². The van der Waals surface area contributed by atoms with Crippen LogP contribution in [0.3, 0.4) is 0 Å². The minimum atomic E-state index is -3.43. The first-order chi connectivity index (χ1) is 7.45. The van der Waals surface area contributed by atoms with E-state index in [4.69, 9.17) is 4.74 Å². The van der Waals surface area contributed by atoms with E-state index in [-0.39, 0.29) is 17.3 Å². The van der Waals surface area contributed by atoms with Crippen molar-refractivity contribution >= 4 is 9.84 Å². The number of hydrogen-bond acceptors (Lipinski definition) is 4. The van der Waals surface area contributed by atoms with Crippen LogP contribution < -0.4 is 0 Å². The number of benzene rings is 1. The third-order valence-electron chi connectivity index (χ3n) is 2.12. The van der Waals surface area contributed by atoms with E-state index in [2.05, 4.69) is 0 Å². The van der Waals surface area contributed by atoms with E-state index in [0.717, 1.165) is 5.56 Å². The quantitative estimate of drug-likeness (QED) is 0.831. The van der Waals surface area contributed by atoms with Crippen molar-refractivity contribution < 1.29 is 18.3 Å². The van der Waals surface area contributed by atoms with Crippen LogP contribution in [0.25, 0.3) is 0 Å². The predicted octanol–water partition coefficient (Wildman–Crippen LogP) is 0.776. The lowest BCUT2D eigenvalue weighted by Crippen LogP contribution is -2.25. The molecule has 0 spiro atoms. The molecule has 0 amide bonds. The van der Waals surface area contributed by atoms with E-state index in [1.807, 2.05) is 13.0 Å².